The van der Waals surface area contributed by atoms with Gasteiger partial charge in [0, 0.05) is 56.7 Å². The standard InChI is InChI=1S/C26H34FN3O3/c1-18(2)13-29(26(31)19(3)4)16-22-15-28(14-20-8-10-24(11-9-20)30(32)33)17-25(22)21-6-5-7-23(27)12-21/h5-12,18-19,22,25H,13-17H2,1-4H3/t22-,25+/m1/s1. The molecule has 0 N–H and O–H groups in total. The number of non-ortho nitro benzene ring substituents is 1. The Balaban J connectivity index is 1.82. The Kier molecular flexibility index (Phi) is 8.19. The van der Waals surface area contributed by atoms with E-state index in [0.29, 0.717) is 25.6 Å². The zero-order chi connectivity index (χ0) is 24.1. The maximum Gasteiger partial charge on any atom is 0.269 e. The number of nitro benzene ring substituents is 1. The maximum atomic E-state index is 14.0. The predicted octanol–water partition coefficient (Wildman–Crippen LogP) is 5.09. The van der Waals surface area contributed by atoms with E-state index in [2.05, 4.69) is 18.7 Å². The lowest BCUT2D eigenvalue weighted by molar-refractivity contribution is -0.384. The number of likely N-dealkylation sites (tertiary alicyclic amines) is 1. The molecule has 2 aromatic carbocycles. The molecule has 0 aromatic heterocycles. The van der Waals surface area contributed by atoms with Crippen molar-refractivity contribution in [3.05, 3.63) is 75.6 Å². The molecule has 1 aliphatic heterocycles. The minimum Gasteiger partial charge on any atom is -0.342 e. The van der Waals surface area contributed by atoms with E-state index in [1.807, 2.05) is 24.8 Å². The molecule has 1 aliphatic rings. The summed E-state index contributed by atoms with van der Waals surface area (Å²) in [4.78, 5) is 27.7. The van der Waals surface area contributed by atoms with Crippen molar-refractivity contribution in [3.63, 3.8) is 0 Å². The van der Waals surface area contributed by atoms with Gasteiger partial charge in [0.05, 0.1) is 4.92 Å². The molecule has 2 aromatic rings. The number of rotatable bonds is 9. The normalized spacial score (nSPS) is 18.8. The van der Waals surface area contributed by atoms with Gasteiger partial charge >= 0.3 is 0 Å². The van der Waals surface area contributed by atoms with Gasteiger partial charge in [-0.15, -0.1) is 0 Å². The van der Waals surface area contributed by atoms with Crippen LogP contribution in [0, 0.1) is 33.7 Å². The third-order valence-corrected chi connectivity index (χ3v) is 6.19. The molecule has 178 valence electrons. The fraction of sp³-hybridized carbons (Fsp3) is 0.500. The molecule has 3 rings (SSSR count). The van der Waals surface area contributed by atoms with E-state index in [1.54, 1.807) is 24.3 Å². The lowest BCUT2D eigenvalue weighted by Crippen LogP contribution is -2.41. The van der Waals surface area contributed by atoms with Gasteiger partial charge in [-0.1, -0.05) is 52.0 Å². The molecule has 7 heteroatoms. The van der Waals surface area contributed by atoms with Crippen LogP contribution in [0.3, 0.4) is 0 Å². The lowest BCUT2D eigenvalue weighted by atomic mass is 9.88. The molecule has 6 nitrogen and oxygen atoms in total. The van der Waals surface area contributed by atoms with E-state index in [4.69, 9.17) is 0 Å². The number of carbonyl (C=O) groups excluding carboxylic acids is 1. The second kappa shape index (κ2) is 10.9. The smallest absolute Gasteiger partial charge is 0.269 e. The fourth-order valence-electron chi connectivity index (χ4n) is 4.71. The Labute approximate surface area is 195 Å². The first-order chi connectivity index (χ1) is 15.6. The summed E-state index contributed by atoms with van der Waals surface area (Å²) in [5.41, 5.74) is 2.02. The van der Waals surface area contributed by atoms with E-state index in [9.17, 15) is 19.3 Å². The second-order valence-corrected chi connectivity index (χ2v) is 9.83. The first kappa shape index (κ1) is 24.8. The van der Waals surface area contributed by atoms with Crippen LogP contribution in [0.4, 0.5) is 10.1 Å². The molecule has 0 aliphatic carbocycles. The highest BCUT2D eigenvalue weighted by Gasteiger charge is 2.36. The van der Waals surface area contributed by atoms with Crippen molar-refractivity contribution in [2.75, 3.05) is 26.2 Å². The van der Waals surface area contributed by atoms with E-state index in [0.717, 1.165) is 24.2 Å². The van der Waals surface area contributed by atoms with Crippen molar-refractivity contribution in [1.29, 1.82) is 0 Å². The summed E-state index contributed by atoms with van der Waals surface area (Å²) in [6, 6.07) is 13.4. The molecule has 0 radical (unpaired) electrons. The van der Waals surface area contributed by atoms with E-state index in [1.165, 1.54) is 18.2 Å². The molecule has 2 atom stereocenters. The van der Waals surface area contributed by atoms with Crippen molar-refractivity contribution in [2.45, 2.75) is 40.2 Å². The van der Waals surface area contributed by atoms with Gasteiger partial charge in [0.15, 0.2) is 0 Å². The molecule has 0 bridgehead atoms. The maximum absolute atomic E-state index is 14.0. The average molecular weight is 456 g/mol. The number of hydrogen-bond donors (Lipinski definition) is 0. The Morgan fingerprint density at radius 1 is 1.15 bits per heavy atom. The zero-order valence-electron chi connectivity index (χ0n) is 19.9. The van der Waals surface area contributed by atoms with Crippen LogP contribution >= 0.6 is 0 Å². The number of hydrogen-bond acceptors (Lipinski definition) is 4. The summed E-state index contributed by atoms with van der Waals surface area (Å²) in [7, 11) is 0. The van der Waals surface area contributed by atoms with Crippen LogP contribution in [-0.4, -0.2) is 46.8 Å². The monoisotopic (exact) mass is 455 g/mol. The Hall–Kier alpha value is -2.80. The number of nitrogens with zero attached hydrogens (tertiary/aromatic N) is 3. The van der Waals surface area contributed by atoms with Crippen LogP contribution in [0.15, 0.2) is 48.5 Å². The molecule has 33 heavy (non-hydrogen) atoms. The molecule has 0 saturated carbocycles. The van der Waals surface area contributed by atoms with Gasteiger partial charge in [-0.05, 0) is 35.1 Å². The van der Waals surface area contributed by atoms with Crippen LogP contribution in [0.25, 0.3) is 0 Å². The molecular weight excluding hydrogens is 421 g/mol. The fourth-order valence-corrected chi connectivity index (χ4v) is 4.71. The molecule has 1 heterocycles. The summed E-state index contributed by atoms with van der Waals surface area (Å²) in [6.45, 7) is 11.6. The molecular formula is C26H34FN3O3. The molecule has 0 unspecified atom stereocenters. The minimum absolute atomic E-state index is 0.0750. The highest BCUT2D eigenvalue weighted by atomic mass is 19.1. The summed E-state index contributed by atoms with van der Waals surface area (Å²) in [5, 5.41) is 10.9. The zero-order valence-corrected chi connectivity index (χ0v) is 19.9. The highest BCUT2D eigenvalue weighted by molar-refractivity contribution is 5.78. The number of carbonyl (C=O) groups is 1. The highest BCUT2D eigenvalue weighted by Crippen LogP contribution is 2.35. The molecule has 1 fully saturated rings. The van der Waals surface area contributed by atoms with Gasteiger partial charge in [-0.3, -0.25) is 19.8 Å². The van der Waals surface area contributed by atoms with E-state index < -0.39 is 4.92 Å². The van der Waals surface area contributed by atoms with Crippen LogP contribution in [0.1, 0.15) is 44.7 Å². The van der Waals surface area contributed by atoms with Gasteiger partial charge < -0.3 is 4.90 Å². The summed E-state index contributed by atoms with van der Waals surface area (Å²) in [5.74, 6) is 0.458. The Morgan fingerprint density at radius 3 is 2.42 bits per heavy atom. The van der Waals surface area contributed by atoms with Crippen molar-refractivity contribution >= 4 is 11.6 Å². The number of benzene rings is 2. The quantitative estimate of drug-likeness (QED) is 0.390. The van der Waals surface area contributed by atoms with Crippen molar-refractivity contribution < 1.29 is 14.1 Å². The van der Waals surface area contributed by atoms with Gasteiger partial charge in [-0.2, -0.15) is 0 Å². The topological polar surface area (TPSA) is 66.7 Å². The molecule has 1 saturated heterocycles. The van der Waals surface area contributed by atoms with Crippen LogP contribution in [0.2, 0.25) is 0 Å². The predicted molar refractivity (Wildman–Crippen MR) is 127 cm³/mol. The Morgan fingerprint density at radius 2 is 1.85 bits per heavy atom. The SMILES string of the molecule is CC(C)CN(C[C@H]1CN(Cc2ccc([N+](=O)[O-])cc2)C[C@H]1c1cccc(F)c1)C(=O)C(C)C. The summed E-state index contributed by atoms with van der Waals surface area (Å²) < 4.78 is 14.0. The average Bonchev–Trinajstić information content (AvgIpc) is 3.14. The van der Waals surface area contributed by atoms with Gasteiger partial charge in [-0.25, -0.2) is 4.39 Å². The largest absolute Gasteiger partial charge is 0.342 e. The second-order valence-electron chi connectivity index (χ2n) is 9.83. The number of nitro groups is 1. The van der Waals surface area contributed by atoms with Crippen molar-refractivity contribution in [3.8, 4) is 0 Å². The van der Waals surface area contributed by atoms with Crippen LogP contribution < -0.4 is 0 Å². The lowest BCUT2D eigenvalue weighted by Gasteiger charge is -2.31. The first-order valence-corrected chi connectivity index (χ1v) is 11.6. The molecule has 0 spiro atoms. The number of halogens is 1. The third kappa shape index (κ3) is 6.60. The third-order valence-electron chi connectivity index (χ3n) is 6.19. The van der Waals surface area contributed by atoms with Crippen molar-refractivity contribution in [1.82, 2.24) is 9.80 Å². The first-order valence-electron chi connectivity index (χ1n) is 11.6. The van der Waals surface area contributed by atoms with Crippen LogP contribution in [-0.2, 0) is 11.3 Å². The molecule has 1 amide bonds. The van der Waals surface area contributed by atoms with Gasteiger partial charge in [0.1, 0.15) is 5.82 Å². The Bertz CT molecular complexity index is 962. The summed E-state index contributed by atoms with van der Waals surface area (Å²) in [6.07, 6.45) is 0. The van der Waals surface area contributed by atoms with E-state index in [-0.39, 0.29) is 35.2 Å². The van der Waals surface area contributed by atoms with Gasteiger partial charge in [0.25, 0.3) is 5.69 Å². The number of amides is 1. The van der Waals surface area contributed by atoms with Crippen molar-refractivity contribution in [2.24, 2.45) is 17.8 Å². The van der Waals surface area contributed by atoms with E-state index >= 15 is 0 Å². The van der Waals surface area contributed by atoms with Gasteiger partial charge in [0.2, 0.25) is 5.91 Å². The minimum atomic E-state index is -0.398. The summed E-state index contributed by atoms with van der Waals surface area (Å²) >= 11 is 0. The van der Waals surface area contributed by atoms with Crippen LogP contribution in [0.5, 0.6) is 0 Å².